The number of hydrogen-bond acceptors (Lipinski definition) is 8. The first-order valence-corrected chi connectivity index (χ1v) is 12.4. The Balaban J connectivity index is 1.59. The van der Waals surface area contributed by atoms with E-state index in [0.29, 0.717) is 39.9 Å². The van der Waals surface area contributed by atoms with Crippen LogP contribution in [0, 0.1) is 12.8 Å². The minimum Gasteiger partial charge on any atom is -0.462 e. The van der Waals surface area contributed by atoms with Crippen LogP contribution < -0.4 is 5.32 Å². The summed E-state index contributed by atoms with van der Waals surface area (Å²) >= 11 is 2.46. The standard InChI is InChI=1S/C21H29N5O3S2/c1-4-11-26-16(12-15-9-7-6-8-10-15)24-25-21(26)30-13-17(27)23-20-22-14(3)18(31-20)19(28)29-5-2/h4,15H,1,5-13H2,2-3H3,(H,22,23,27). The Morgan fingerprint density at radius 1 is 1.32 bits per heavy atom. The first-order chi connectivity index (χ1) is 15.0. The van der Waals surface area contributed by atoms with Crippen molar-refractivity contribution in [2.24, 2.45) is 5.92 Å². The molecule has 0 radical (unpaired) electrons. The Morgan fingerprint density at radius 2 is 2.10 bits per heavy atom. The lowest BCUT2D eigenvalue weighted by atomic mass is 9.87. The van der Waals surface area contributed by atoms with Gasteiger partial charge < -0.3 is 14.6 Å². The zero-order valence-electron chi connectivity index (χ0n) is 18.1. The number of nitrogens with one attached hydrogen (secondary N) is 1. The molecule has 0 aromatic carbocycles. The number of thiazole rings is 1. The van der Waals surface area contributed by atoms with Crippen LogP contribution >= 0.6 is 23.1 Å². The van der Waals surface area contributed by atoms with Gasteiger partial charge in [-0.2, -0.15) is 0 Å². The lowest BCUT2D eigenvalue weighted by Gasteiger charge is -2.21. The van der Waals surface area contributed by atoms with E-state index in [1.807, 2.05) is 10.6 Å². The van der Waals surface area contributed by atoms with Crippen molar-refractivity contribution in [3.8, 4) is 0 Å². The predicted octanol–water partition coefficient (Wildman–Crippen LogP) is 4.26. The number of anilines is 1. The highest BCUT2D eigenvalue weighted by Crippen LogP contribution is 2.28. The number of rotatable bonds is 10. The number of allylic oxidation sites excluding steroid dienone is 1. The topological polar surface area (TPSA) is 99.0 Å². The van der Waals surface area contributed by atoms with Crippen LogP contribution in [0.5, 0.6) is 0 Å². The van der Waals surface area contributed by atoms with Gasteiger partial charge in [0.2, 0.25) is 5.91 Å². The van der Waals surface area contributed by atoms with Gasteiger partial charge in [0.1, 0.15) is 10.7 Å². The zero-order chi connectivity index (χ0) is 22.2. The molecule has 8 nitrogen and oxygen atoms in total. The maximum absolute atomic E-state index is 12.4. The van der Waals surface area contributed by atoms with E-state index in [9.17, 15) is 9.59 Å². The third-order valence-corrected chi connectivity index (χ3v) is 7.16. The highest BCUT2D eigenvalue weighted by atomic mass is 32.2. The Bertz CT molecular complexity index is 918. The van der Waals surface area contributed by atoms with E-state index in [2.05, 4.69) is 27.1 Å². The van der Waals surface area contributed by atoms with Crippen molar-refractivity contribution in [1.29, 1.82) is 0 Å². The lowest BCUT2D eigenvalue weighted by molar-refractivity contribution is -0.113. The van der Waals surface area contributed by atoms with E-state index >= 15 is 0 Å². The van der Waals surface area contributed by atoms with Crippen molar-refractivity contribution in [1.82, 2.24) is 19.7 Å². The highest BCUT2D eigenvalue weighted by Gasteiger charge is 2.21. The summed E-state index contributed by atoms with van der Waals surface area (Å²) in [7, 11) is 0. The smallest absolute Gasteiger partial charge is 0.350 e. The van der Waals surface area contributed by atoms with Crippen molar-refractivity contribution >= 4 is 40.1 Å². The summed E-state index contributed by atoms with van der Waals surface area (Å²) in [5.41, 5.74) is 0.546. The molecule has 1 aliphatic rings. The fourth-order valence-electron chi connectivity index (χ4n) is 3.66. The summed E-state index contributed by atoms with van der Waals surface area (Å²) in [5, 5.41) is 12.6. The van der Waals surface area contributed by atoms with Crippen LogP contribution in [0.15, 0.2) is 17.8 Å². The second-order valence-electron chi connectivity index (χ2n) is 7.50. The lowest BCUT2D eigenvalue weighted by Crippen LogP contribution is -2.15. The molecule has 1 fully saturated rings. The van der Waals surface area contributed by atoms with Crippen LogP contribution in [0.3, 0.4) is 0 Å². The number of ether oxygens (including phenoxy) is 1. The van der Waals surface area contributed by atoms with Crippen molar-refractivity contribution in [2.45, 2.75) is 64.1 Å². The number of hydrogen-bond donors (Lipinski definition) is 1. The average Bonchev–Trinajstić information content (AvgIpc) is 3.30. The summed E-state index contributed by atoms with van der Waals surface area (Å²) in [6.07, 6.45) is 9.13. The molecule has 2 aromatic heterocycles. The second-order valence-corrected chi connectivity index (χ2v) is 9.44. The highest BCUT2D eigenvalue weighted by molar-refractivity contribution is 7.99. The van der Waals surface area contributed by atoms with Crippen LogP contribution in [-0.4, -0.2) is 44.0 Å². The molecule has 2 aromatic rings. The molecule has 0 spiro atoms. The number of thioether (sulfide) groups is 1. The molecule has 168 valence electrons. The minimum absolute atomic E-state index is 0.173. The normalized spacial score (nSPS) is 14.4. The van der Waals surface area contributed by atoms with Gasteiger partial charge >= 0.3 is 5.97 Å². The Labute approximate surface area is 190 Å². The third kappa shape index (κ3) is 6.39. The third-order valence-electron chi connectivity index (χ3n) is 5.14. The fraction of sp³-hybridized carbons (Fsp3) is 0.571. The van der Waals surface area contributed by atoms with Gasteiger partial charge in [0.25, 0.3) is 0 Å². The summed E-state index contributed by atoms with van der Waals surface area (Å²) in [6.45, 7) is 8.23. The fourth-order valence-corrected chi connectivity index (χ4v) is 5.30. The molecule has 1 saturated carbocycles. The number of esters is 1. The molecule has 0 atom stereocenters. The second kappa shape index (κ2) is 11.4. The van der Waals surface area contributed by atoms with Gasteiger partial charge in [-0.1, -0.05) is 61.3 Å². The van der Waals surface area contributed by atoms with Crippen molar-refractivity contribution < 1.29 is 14.3 Å². The molecule has 0 saturated heterocycles. The molecule has 10 heteroatoms. The molecule has 1 amide bonds. The maximum Gasteiger partial charge on any atom is 0.350 e. The van der Waals surface area contributed by atoms with Crippen LogP contribution in [0.1, 0.15) is 60.2 Å². The Morgan fingerprint density at radius 3 is 2.81 bits per heavy atom. The molecule has 2 heterocycles. The van der Waals surface area contributed by atoms with E-state index in [1.54, 1.807) is 13.8 Å². The van der Waals surface area contributed by atoms with Crippen molar-refractivity contribution in [3.63, 3.8) is 0 Å². The van der Waals surface area contributed by atoms with Crippen molar-refractivity contribution in [3.05, 3.63) is 29.1 Å². The van der Waals surface area contributed by atoms with Gasteiger partial charge in [-0.25, -0.2) is 9.78 Å². The Hall–Kier alpha value is -2.20. The summed E-state index contributed by atoms with van der Waals surface area (Å²) in [6, 6.07) is 0. The SMILES string of the molecule is C=CCn1c(CC2CCCCC2)nnc1SCC(=O)Nc1nc(C)c(C(=O)OCC)s1. The number of carbonyl (C=O) groups is 2. The molecule has 31 heavy (non-hydrogen) atoms. The van der Waals surface area contributed by atoms with E-state index < -0.39 is 5.97 Å². The monoisotopic (exact) mass is 463 g/mol. The van der Waals surface area contributed by atoms with E-state index in [0.717, 1.165) is 23.6 Å². The molecule has 0 bridgehead atoms. The molecule has 0 unspecified atom stereocenters. The van der Waals surface area contributed by atoms with E-state index in [4.69, 9.17) is 4.74 Å². The molecular weight excluding hydrogens is 434 g/mol. The average molecular weight is 464 g/mol. The summed E-state index contributed by atoms with van der Waals surface area (Å²) < 4.78 is 7.06. The molecule has 0 aliphatic heterocycles. The van der Waals surface area contributed by atoms with Gasteiger partial charge in [-0.15, -0.1) is 16.8 Å². The molecule has 1 N–H and O–H groups in total. The number of carbonyl (C=O) groups excluding carboxylic acids is 2. The van der Waals surface area contributed by atoms with Crippen LogP contribution in [-0.2, 0) is 22.5 Å². The Kier molecular flexibility index (Phi) is 8.65. The quantitative estimate of drug-likeness (QED) is 0.319. The number of aromatic nitrogens is 4. The van der Waals surface area contributed by atoms with Gasteiger partial charge in [0, 0.05) is 13.0 Å². The minimum atomic E-state index is -0.421. The van der Waals surface area contributed by atoms with E-state index in [1.165, 1.54) is 43.9 Å². The molecular formula is C21H29N5O3S2. The van der Waals surface area contributed by atoms with Gasteiger partial charge in [-0.05, 0) is 19.8 Å². The van der Waals surface area contributed by atoms with Crippen LogP contribution in [0.2, 0.25) is 0 Å². The van der Waals surface area contributed by atoms with Crippen LogP contribution in [0.4, 0.5) is 5.13 Å². The largest absolute Gasteiger partial charge is 0.462 e. The predicted molar refractivity (Wildman–Crippen MR) is 123 cm³/mol. The first kappa shape index (κ1) is 23.5. The first-order valence-electron chi connectivity index (χ1n) is 10.6. The molecule has 3 rings (SSSR count). The summed E-state index contributed by atoms with van der Waals surface area (Å²) in [4.78, 5) is 29.0. The number of aryl methyl sites for hydroxylation is 1. The maximum atomic E-state index is 12.4. The molecule has 1 aliphatic carbocycles. The van der Waals surface area contributed by atoms with Crippen molar-refractivity contribution in [2.75, 3.05) is 17.7 Å². The van der Waals surface area contributed by atoms with Gasteiger partial charge in [0.05, 0.1) is 18.1 Å². The van der Waals surface area contributed by atoms with E-state index in [-0.39, 0.29) is 11.7 Å². The van der Waals surface area contributed by atoms with Crippen LogP contribution in [0.25, 0.3) is 0 Å². The van der Waals surface area contributed by atoms with Gasteiger partial charge in [-0.3, -0.25) is 4.79 Å². The number of nitrogens with zero attached hydrogens (tertiary/aromatic N) is 4. The zero-order valence-corrected chi connectivity index (χ0v) is 19.7. The number of amides is 1. The summed E-state index contributed by atoms with van der Waals surface area (Å²) in [5.74, 6) is 1.16. The van der Waals surface area contributed by atoms with Gasteiger partial charge in [0.15, 0.2) is 10.3 Å².